The zero-order chi connectivity index (χ0) is 12.2. The van der Waals surface area contributed by atoms with Crippen LogP contribution >= 0.6 is 0 Å². The smallest absolute Gasteiger partial charge is 0.0447 e. The molecule has 1 aromatic carbocycles. The van der Waals surface area contributed by atoms with Crippen LogP contribution < -0.4 is 10.6 Å². The van der Waals surface area contributed by atoms with E-state index in [9.17, 15) is 0 Å². The molecule has 0 aromatic heterocycles. The van der Waals surface area contributed by atoms with Crippen LogP contribution in [0.3, 0.4) is 0 Å². The van der Waals surface area contributed by atoms with Crippen molar-refractivity contribution in [2.24, 2.45) is 0 Å². The van der Waals surface area contributed by atoms with Crippen molar-refractivity contribution in [3.63, 3.8) is 0 Å². The van der Waals surface area contributed by atoms with Crippen LogP contribution in [0.5, 0.6) is 0 Å². The predicted molar refractivity (Wildman–Crippen MR) is 75.9 cm³/mol. The van der Waals surface area contributed by atoms with Crippen molar-refractivity contribution in [2.75, 3.05) is 19.6 Å². The Morgan fingerprint density at radius 3 is 2.22 bits per heavy atom. The van der Waals surface area contributed by atoms with E-state index in [0.29, 0.717) is 6.04 Å². The first-order valence-corrected chi connectivity index (χ1v) is 7.47. The highest BCUT2D eigenvalue weighted by molar-refractivity contribution is 5.28. The molecule has 1 aromatic rings. The summed E-state index contributed by atoms with van der Waals surface area (Å²) < 4.78 is 0. The number of benzene rings is 1. The van der Waals surface area contributed by atoms with Crippen molar-refractivity contribution >= 4 is 0 Å². The van der Waals surface area contributed by atoms with Crippen molar-refractivity contribution in [1.29, 1.82) is 0 Å². The summed E-state index contributed by atoms with van der Waals surface area (Å²) in [5.74, 6) is 0.824. The lowest BCUT2D eigenvalue weighted by molar-refractivity contribution is 0.429. The molecule has 0 spiro atoms. The molecule has 98 valence electrons. The molecule has 2 fully saturated rings. The molecule has 1 aliphatic carbocycles. The lowest BCUT2D eigenvalue weighted by atomic mass is 9.83. The van der Waals surface area contributed by atoms with E-state index in [-0.39, 0.29) is 0 Å². The van der Waals surface area contributed by atoms with Crippen LogP contribution in [0, 0.1) is 0 Å². The molecule has 1 atom stereocenters. The summed E-state index contributed by atoms with van der Waals surface area (Å²) in [5, 5.41) is 7.02. The van der Waals surface area contributed by atoms with Crippen molar-refractivity contribution < 1.29 is 0 Å². The summed E-state index contributed by atoms with van der Waals surface area (Å²) in [7, 11) is 0. The number of rotatable bonds is 2. The van der Waals surface area contributed by atoms with E-state index in [4.69, 9.17) is 0 Å². The third-order valence-electron chi connectivity index (χ3n) is 4.46. The van der Waals surface area contributed by atoms with Gasteiger partial charge in [0.2, 0.25) is 0 Å². The molecule has 2 nitrogen and oxygen atoms in total. The van der Waals surface area contributed by atoms with E-state index in [2.05, 4.69) is 34.9 Å². The first-order chi connectivity index (χ1) is 8.93. The fourth-order valence-corrected chi connectivity index (χ4v) is 3.33. The maximum Gasteiger partial charge on any atom is 0.0447 e. The first-order valence-electron chi connectivity index (χ1n) is 7.47. The standard InChI is InChI=1S/C16H24N2/c1-2-4-13(5-3-1)14-6-8-15(9-7-14)16-12-17-10-11-18-16/h6-9,13,16-18H,1-5,10-12H2. The summed E-state index contributed by atoms with van der Waals surface area (Å²) in [6.45, 7) is 3.23. The van der Waals surface area contributed by atoms with E-state index in [1.54, 1.807) is 5.56 Å². The quantitative estimate of drug-likeness (QED) is 0.836. The van der Waals surface area contributed by atoms with Crippen LogP contribution in [0.4, 0.5) is 0 Å². The topological polar surface area (TPSA) is 24.1 Å². The first kappa shape index (κ1) is 12.2. The highest BCUT2D eigenvalue weighted by Gasteiger charge is 2.17. The molecule has 18 heavy (non-hydrogen) atoms. The molecule has 1 aliphatic heterocycles. The fourth-order valence-electron chi connectivity index (χ4n) is 3.33. The molecule has 0 amide bonds. The van der Waals surface area contributed by atoms with Gasteiger partial charge in [0.25, 0.3) is 0 Å². The van der Waals surface area contributed by atoms with Crippen LogP contribution in [-0.4, -0.2) is 19.6 Å². The summed E-state index contributed by atoms with van der Waals surface area (Å²) in [5.41, 5.74) is 2.99. The Balaban J connectivity index is 1.67. The molecule has 2 heteroatoms. The van der Waals surface area contributed by atoms with Crippen LogP contribution in [-0.2, 0) is 0 Å². The van der Waals surface area contributed by atoms with E-state index in [1.807, 2.05) is 0 Å². The average Bonchev–Trinajstić information content (AvgIpc) is 2.49. The largest absolute Gasteiger partial charge is 0.314 e. The van der Waals surface area contributed by atoms with Gasteiger partial charge < -0.3 is 10.6 Å². The van der Waals surface area contributed by atoms with Crippen molar-refractivity contribution in [2.45, 2.75) is 44.1 Å². The number of nitrogens with one attached hydrogen (secondary N) is 2. The summed E-state index contributed by atoms with van der Waals surface area (Å²) in [6, 6.07) is 9.88. The number of hydrogen-bond acceptors (Lipinski definition) is 2. The average molecular weight is 244 g/mol. The zero-order valence-corrected chi connectivity index (χ0v) is 11.1. The minimum absolute atomic E-state index is 0.499. The molecule has 1 heterocycles. The van der Waals surface area contributed by atoms with Gasteiger partial charge >= 0.3 is 0 Å². The second kappa shape index (κ2) is 5.85. The van der Waals surface area contributed by atoms with Crippen molar-refractivity contribution in [3.8, 4) is 0 Å². The van der Waals surface area contributed by atoms with E-state index in [1.165, 1.54) is 37.7 Å². The highest BCUT2D eigenvalue weighted by atomic mass is 15.1. The van der Waals surface area contributed by atoms with Gasteiger partial charge in [-0.1, -0.05) is 43.5 Å². The van der Waals surface area contributed by atoms with Gasteiger partial charge in [-0.3, -0.25) is 0 Å². The van der Waals surface area contributed by atoms with E-state index >= 15 is 0 Å². The lowest BCUT2D eigenvalue weighted by Crippen LogP contribution is -2.42. The molecular formula is C16H24N2. The third-order valence-corrected chi connectivity index (χ3v) is 4.46. The summed E-state index contributed by atoms with van der Waals surface area (Å²) in [6.07, 6.45) is 7.05. The minimum Gasteiger partial charge on any atom is -0.314 e. The molecular weight excluding hydrogens is 220 g/mol. The third kappa shape index (κ3) is 2.76. The van der Waals surface area contributed by atoms with Gasteiger partial charge in [0.15, 0.2) is 0 Å². The maximum absolute atomic E-state index is 3.57. The molecule has 0 bridgehead atoms. The monoisotopic (exact) mass is 244 g/mol. The highest BCUT2D eigenvalue weighted by Crippen LogP contribution is 2.32. The van der Waals surface area contributed by atoms with Gasteiger partial charge in [-0.15, -0.1) is 0 Å². The van der Waals surface area contributed by atoms with Crippen molar-refractivity contribution in [3.05, 3.63) is 35.4 Å². The number of hydrogen-bond donors (Lipinski definition) is 2. The molecule has 2 N–H and O–H groups in total. The van der Waals surface area contributed by atoms with Gasteiger partial charge in [-0.25, -0.2) is 0 Å². The Morgan fingerprint density at radius 2 is 1.56 bits per heavy atom. The Morgan fingerprint density at radius 1 is 0.833 bits per heavy atom. The molecule has 1 saturated heterocycles. The van der Waals surface area contributed by atoms with Crippen LogP contribution in [0.1, 0.15) is 55.2 Å². The Kier molecular flexibility index (Phi) is 3.96. The summed E-state index contributed by atoms with van der Waals surface area (Å²) in [4.78, 5) is 0. The van der Waals surface area contributed by atoms with E-state index < -0.39 is 0 Å². The van der Waals surface area contributed by atoms with Crippen LogP contribution in [0.25, 0.3) is 0 Å². The summed E-state index contributed by atoms with van der Waals surface area (Å²) >= 11 is 0. The lowest BCUT2D eigenvalue weighted by Gasteiger charge is -2.26. The predicted octanol–water partition coefficient (Wildman–Crippen LogP) is 2.97. The van der Waals surface area contributed by atoms with Gasteiger partial charge in [-0.2, -0.15) is 0 Å². The van der Waals surface area contributed by atoms with E-state index in [0.717, 1.165) is 25.6 Å². The zero-order valence-electron chi connectivity index (χ0n) is 11.1. The van der Waals surface area contributed by atoms with Gasteiger partial charge in [0.05, 0.1) is 0 Å². The molecule has 0 radical (unpaired) electrons. The Bertz CT molecular complexity index is 322. The minimum atomic E-state index is 0.499. The van der Waals surface area contributed by atoms with Gasteiger partial charge in [0.1, 0.15) is 0 Å². The number of piperazine rings is 1. The Labute approximate surface area is 110 Å². The molecule has 2 aliphatic rings. The Hall–Kier alpha value is -0.860. The maximum atomic E-state index is 3.57. The normalized spacial score (nSPS) is 26.1. The van der Waals surface area contributed by atoms with Crippen LogP contribution in [0.15, 0.2) is 24.3 Å². The van der Waals surface area contributed by atoms with Gasteiger partial charge in [-0.05, 0) is 29.9 Å². The molecule has 1 unspecified atom stereocenters. The molecule has 3 rings (SSSR count). The van der Waals surface area contributed by atoms with Gasteiger partial charge in [0, 0.05) is 25.7 Å². The second-order valence-corrected chi connectivity index (χ2v) is 5.71. The fraction of sp³-hybridized carbons (Fsp3) is 0.625. The van der Waals surface area contributed by atoms with Crippen molar-refractivity contribution in [1.82, 2.24) is 10.6 Å². The van der Waals surface area contributed by atoms with Crippen LogP contribution in [0.2, 0.25) is 0 Å². The molecule has 1 saturated carbocycles. The SMILES string of the molecule is c1cc(C2CNCCN2)ccc1C1CCCCC1. The second-order valence-electron chi connectivity index (χ2n) is 5.71.